The van der Waals surface area contributed by atoms with Crippen molar-refractivity contribution in [2.24, 2.45) is 5.73 Å². The number of Topliss-reactive ketones (excluding diaryl/α,β-unsaturated/α-hetero) is 1. The summed E-state index contributed by atoms with van der Waals surface area (Å²) in [6.45, 7) is 2.92. The maximum Gasteiger partial charge on any atom is 0.335 e. The van der Waals surface area contributed by atoms with Crippen LogP contribution >= 0.6 is 0 Å². The normalized spacial score (nSPS) is 12.3. The van der Waals surface area contributed by atoms with Crippen LogP contribution in [0.3, 0.4) is 0 Å². The van der Waals surface area contributed by atoms with Crippen molar-refractivity contribution in [1.29, 1.82) is 0 Å². The molecule has 8 nitrogen and oxygen atoms in total. The van der Waals surface area contributed by atoms with Gasteiger partial charge in [0, 0.05) is 28.8 Å². The zero-order valence-electron chi connectivity index (χ0n) is 14.3. The molecule has 0 saturated heterocycles. The van der Waals surface area contributed by atoms with Gasteiger partial charge < -0.3 is 16.6 Å². The molecule has 0 aliphatic heterocycles. The summed E-state index contributed by atoms with van der Waals surface area (Å²) in [5.74, 6) is -1.61. The number of hydrogen-bond donors (Lipinski definition) is 4. The summed E-state index contributed by atoms with van der Waals surface area (Å²) in [5, 5.41) is 9.78. The molecule has 0 unspecified atom stereocenters. The summed E-state index contributed by atoms with van der Waals surface area (Å²) in [4.78, 5) is 23.6. The van der Waals surface area contributed by atoms with Gasteiger partial charge in [0.25, 0.3) is 0 Å². The van der Waals surface area contributed by atoms with E-state index in [0.717, 1.165) is 0 Å². The van der Waals surface area contributed by atoms with Gasteiger partial charge in [-0.15, -0.1) is 0 Å². The highest BCUT2D eigenvalue weighted by molar-refractivity contribution is 7.92. The van der Waals surface area contributed by atoms with Gasteiger partial charge in [0.1, 0.15) is 0 Å². The number of anilines is 1. The standard InChI is InChI=1S/C18H19N3O5S/c1-2-27(25,26)21-16(10-19)17(22)12-6-7-14(15(20)9-12)11-4-3-5-13(8-11)18(23)24/h2-9,16,21H,1,10,19-20H2,(H,23,24)/t16-/m0/s1. The zero-order valence-corrected chi connectivity index (χ0v) is 15.1. The Morgan fingerprint density at radius 2 is 1.89 bits per heavy atom. The van der Waals surface area contributed by atoms with Crippen LogP contribution in [-0.2, 0) is 10.0 Å². The molecule has 0 aliphatic rings. The molecule has 0 heterocycles. The van der Waals surface area contributed by atoms with Gasteiger partial charge in [-0.25, -0.2) is 13.2 Å². The van der Waals surface area contributed by atoms with E-state index >= 15 is 0 Å². The van der Waals surface area contributed by atoms with Gasteiger partial charge in [0.05, 0.1) is 11.6 Å². The van der Waals surface area contributed by atoms with Gasteiger partial charge in [-0.05, 0) is 23.8 Å². The maximum atomic E-state index is 12.5. The van der Waals surface area contributed by atoms with Gasteiger partial charge in [-0.1, -0.05) is 30.8 Å². The van der Waals surface area contributed by atoms with E-state index in [1.54, 1.807) is 18.2 Å². The minimum Gasteiger partial charge on any atom is -0.478 e. The number of carbonyl (C=O) groups is 2. The quantitative estimate of drug-likeness (QED) is 0.391. The number of aromatic carboxylic acids is 1. The minimum atomic E-state index is -3.83. The van der Waals surface area contributed by atoms with Crippen molar-refractivity contribution in [1.82, 2.24) is 4.72 Å². The smallest absolute Gasteiger partial charge is 0.335 e. The monoisotopic (exact) mass is 389 g/mol. The molecule has 2 aromatic rings. The van der Waals surface area contributed by atoms with Crippen LogP contribution < -0.4 is 16.2 Å². The number of nitrogen functional groups attached to an aromatic ring is 1. The highest BCUT2D eigenvalue weighted by atomic mass is 32.2. The van der Waals surface area contributed by atoms with Crippen LogP contribution in [0.2, 0.25) is 0 Å². The van der Waals surface area contributed by atoms with Crippen molar-refractivity contribution in [3.63, 3.8) is 0 Å². The number of nitrogens with one attached hydrogen (secondary N) is 1. The molecule has 0 saturated carbocycles. The summed E-state index contributed by atoms with van der Waals surface area (Å²) >= 11 is 0. The Kier molecular flexibility index (Phi) is 6.11. The number of rotatable bonds is 8. The molecule has 0 fully saturated rings. The predicted molar refractivity (Wildman–Crippen MR) is 103 cm³/mol. The van der Waals surface area contributed by atoms with Crippen molar-refractivity contribution in [2.45, 2.75) is 6.04 Å². The van der Waals surface area contributed by atoms with Crippen LogP contribution in [0.15, 0.2) is 54.5 Å². The molecule has 0 amide bonds. The molecular formula is C18H19N3O5S. The first-order chi connectivity index (χ1) is 12.7. The molecule has 0 radical (unpaired) electrons. The molecule has 2 aromatic carbocycles. The molecule has 9 heteroatoms. The van der Waals surface area contributed by atoms with E-state index in [-0.39, 0.29) is 23.4 Å². The average Bonchev–Trinajstić information content (AvgIpc) is 2.65. The Morgan fingerprint density at radius 1 is 1.19 bits per heavy atom. The van der Waals surface area contributed by atoms with Crippen LogP contribution in [0.1, 0.15) is 20.7 Å². The fourth-order valence-corrected chi connectivity index (χ4v) is 3.15. The van der Waals surface area contributed by atoms with Crippen LogP contribution in [-0.4, -0.2) is 37.9 Å². The Hall–Kier alpha value is -3.01. The van der Waals surface area contributed by atoms with Crippen molar-refractivity contribution in [2.75, 3.05) is 12.3 Å². The number of nitrogens with two attached hydrogens (primary N) is 2. The van der Waals surface area contributed by atoms with Gasteiger partial charge >= 0.3 is 5.97 Å². The number of carbonyl (C=O) groups excluding carboxylic acids is 1. The van der Waals surface area contributed by atoms with E-state index in [2.05, 4.69) is 11.3 Å². The summed E-state index contributed by atoms with van der Waals surface area (Å²) in [5.41, 5.74) is 13.2. The van der Waals surface area contributed by atoms with Gasteiger partial charge in [-0.2, -0.15) is 4.72 Å². The third-order valence-electron chi connectivity index (χ3n) is 3.83. The van der Waals surface area contributed by atoms with Crippen LogP contribution in [0.5, 0.6) is 0 Å². The molecule has 27 heavy (non-hydrogen) atoms. The highest BCUT2D eigenvalue weighted by Crippen LogP contribution is 2.28. The van der Waals surface area contributed by atoms with E-state index in [1.165, 1.54) is 24.3 Å². The lowest BCUT2D eigenvalue weighted by atomic mass is 9.97. The van der Waals surface area contributed by atoms with Crippen LogP contribution in [0.25, 0.3) is 11.1 Å². The van der Waals surface area contributed by atoms with Gasteiger partial charge in [0.2, 0.25) is 10.0 Å². The molecule has 2 rings (SSSR count). The second-order valence-corrected chi connectivity index (χ2v) is 7.33. The van der Waals surface area contributed by atoms with Crippen molar-refractivity contribution < 1.29 is 23.1 Å². The van der Waals surface area contributed by atoms with E-state index in [9.17, 15) is 18.0 Å². The van der Waals surface area contributed by atoms with Gasteiger partial charge in [0.15, 0.2) is 5.78 Å². The zero-order chi connectivity index (χ0) is 20.2. The summed E-state index contributed by atoms with van der Waals surface area (Å²) in [6, 6.07) is 9.50. The molecule has 1 atom stereocenters. The van der Waals surface area contributed by atoms with Crippen molar-refractivity contribution >= 4 is 27.5 Å². The fraction of sp³-hybridized carbons (Fsp3) is 0.111. The van der Waals surface area contributed by atoms with Crippen molar-refractivity contribution in [3.05, 3.63) is 65.6 Å². The first-order valence-electron chi connectivity index (χ1n) is 7.81. The third-order valence-corrected chi connectivity index (χ3v) is 4.89. The summed E-state index contributed by atoms with van der Waals surface area (Å²) in [7, 11) is -3.83. The number of carboxylic acids is 1. The molecule has 0 aliphatic carbocycles. The maximum absolute atomic E-state index is 12.5. The highest BCUT2D eigenvalue weighted by Gasteiger charge is 2.23. The van der Waals surface area contributed by atoms with E-state index < -0.39 is 27.8 Å². The number of benzene rings is 2. The van der Waals surface area contributed by atoms with E-state index in [0.29, 0.717) is 16.5 Å². The average molecular weight is 389 g/mol. The Balaban J connectivity index is 2.35. The predicted octanol–water partition coefficient (Wildman–Crippen LogP) is 1.21. The van der Waals surface area contributed by atoms with Crippen LogP contribution in [0, 0.1) is 0 Å². The lowest BCUT2D eigenvalue weighted by Crippen LogP contribution is -2.45. The first kappa shape index (κ1) is 20.3. The molecule has 0 aromatic heterocycles. The van der Waals surface area contributed by atoms with Gasteiger partial charge in [-0.3, -0.25) is 4.79 Å². The van der Waals surface area contributed by atoms with E-state index in [1.807, 2.05) is 0 Å². The largest absolute Gasteiger partial charge is 0.478 e. The second kappa shape index (κ2) is 8.12. The summed E-state index contributed by atoms with van der Waals surface area (Å²) < 4.78 is 25.3. The number of hydrogen-bond acceptors (Lipinski definition) is 6. The lowest BCUT2D eigenvalue weighted by molar-refractivity contribution is 0.0696. The lowest BCUT2D eigenvalue weighted by Gasteiger charge is -2.15. The SMILES string of the molecule is C=CS(=O)(=O)N[C@@H](CN)C(=O)c1ccc(-c2cccc(C(=O)O)c2)c(N)c1. The van der Waals surface area contributed by atoms with E-state index in [4.69, 9.17) is 16.6 Å². The number of carboxylic acid groups (broad SMARTS) is 1. The second-order valence-electron chi connectivity index (χ2n) is 5.67. The van der Waals surface area contributed by atoms with Crippen molar-refractivity contribution in [3.8, 4) is 11.1 Å². The minimum absolute atomic E-state index is 0.106. The molecule has 6 N–H and O–H groups in total. The Bertz CT molecular complexity index is 1000. The first-order valence-corrected chi connectivity index (χ1v) is 9.35. The Labute approximate surface area is 156 Å². The molecule has 0 spiro atoms. The molecule has 142 valence electrons. The third kappa shape index (κ3) is 4.79. The fourth-order valence-electron chi connectivity index (χ4n) is 2.45. The Morgan fingerprint density at radius 3 is 2.44 bits per heavy atom. The molecule has 0 bridgehead atoms. The topological polar surface area (TPSA) is 153 Å². The molecular weight excluding hydrogens is 370 g/mol. The summed E-state index contributed by atoms with van der Waals surface area (Å²) in [6.07, 6.45) is 0. The van der Waals surface area contributed by atoms with Crippen LogP contribution in [0.4, 0.5) is 5.69 Å². The number of sulfonamides is 1. The number of ketones is 1.